The minimum absolute atomic E-state index is 0.144. The molecule has 0 aromatic heterocycles. The summed E-state index contributed by atoms with van der Waals surface area (Å²) in [4.78, 5) is 21.5. The minimum atomic E-state index is -1.46. The molecule has 0 atom stereocenters. The highest BCUT2D eigenvalue weighted by molar-refractivity contribution is 5.98. The number of carbonyl (C=O) groups is 2. The fraction of sp³-hybridized carbons (Fsp3) is 0.111. The number of methoxy groups -OCH3 is 1. The second kappa shape index (κ2) is 4.41. The number of nitrogens with one attached hydrogen (secondary N) is 1. The van der Waals surface area contributed by atoms with Crippen LogP contribution in [0.5, 0.6) is 0 Å². The maximum Gasteiger partial charge on any atom is 0.411 e. The molecule has 6 heteroatoms. The van der Waals surface area contributed by atoms with Gasteiger partial charge >= 0.3 is 12.1 Å². The minimum Gasteiger partial charge on any atom is -0.478 e. The summed E-state index contributed by atoms with van der Waals surface area (Å²) < 4.78 is 17.3. The van der Waals surface area contributed by atoms with Crippen LogP contribution in [0.25, 0.3) is 0 Å². The topological polar surface area (TPSA) is 75.6 Å². The van der Waals surface area contributed by atoms with Gasteiger partial charge in [-0.25, -0.2) is 14.0 Å². The van der Waals surface area contributed by atoms with Gasteiger partial charge in [-0.2, -0.15) is 0 Å². The molecule has 1 aromatic rings. The largest absolute Gasteiger partial charge is 0.478 e. The fourth-order valence-corrected chi connectivity index (χ4v) is 1.01. The Morgan fingerprint density at radius 3 is 2.67 bits per heavy atom. The van der Waals surface area contributed by atoms with Gasteiger partial charge in [0.05, 0.1) is 12.8 Å². The smallest absolute Gasteiger partial charge is 0.411 e. The molecule has 80 valence electrons. The summed E-state index contributed by atoms with van der Waals surface area (Å²) in [6, 6.07) is 3.54. The highest BCUT2D eigenvalue weighted by Crippen LogP contribution is 2.18. The summed E-state index contributed by atoms with van der Waals surface area (Å²) in [6.07, 6.45) is -0.858. The Morgan fingerprint density at radius 2 is 2.13 bits per heavy atom. The molecule has 0 radical (unpaired) electrons. The van der Waals surface area contributed by atoms with Crippen LogP contribution in [-0.2, 0) is 4.74 Å². The first-order chi connectivity index (χ1) is 7.06. The van der Waals surface area contributed by atoms with Crippen molar-refractivity contribution in [3.63, 3.8) is 0 Å². The molecule has 15 heavy (non-hydrogen) atoms. The van der Waals surface area contributed by atoms with E-state index in [-0.39, 0.29) is 5.69 Å². The number of halogens is 1. The first-order valence-corrected chi connectivity index (χ1v) is 3.93. The van der Waals surface area contributed by atoms with Gasteiger partial charge in [-0.15, -0.1) is 0 Å². The zero-order chi connectivity index (χ0) is 11.4. The first kappa shape index (κ1) is 11.0. The third-order valence-corrected chi connectivity index (χ3v) is 1.65. The molecule has 0 bridgehead atoms. The molecule has 1 aromatic carbocycles. The van der Waals surface area contributed by atoms with Crippen LogP contribution in [-0.4, -0.2) is 24.3 Å². The van der Waals surface area contributed by atoms with Crippen molar-refractivity contribution < 1.29 is 23.8 Å². The van der Waals surface area contributed by atoms with E-state index in [9.17, 15) is 14.0 Å². The van der Waals surface area contributed by atoms with E-state index in [0.717, 1.165) is 13.2 Å². The average molecular weight is 213 g/mol. The molecular formula is C9H8FNO4. The van der Waals surface area contributed by atoms with Crippen LogP contribution in [0.4, 0.5) is 14.9 Å². The van der Waals surface area contributed by atoms with Gasteiger partial charge in [-0.1, -0.05) is 6.07 Å². The molecular weight excluding hydrogens is 205 g/mol. The lowest BCUT2D eigenvalue weighted by Gasteiger charge is -2.07. The molecule has 2 N–H and O–H groups in total. The maximum atomic E-state index is 13.1. The second-order valence-corrected chi connectivity index (χ2v) is 2.58. The molecule has 0 saturated heterocycles. The van der Waals surface area contributed by atoms with Crippen molar-refractivity contribution in [1.82, 2.24) is 0 Å². The van der Waals surface area contributed by atoms with Crippen molar-refractivity contribution in [2.24, 2.45) is 0 Å². The molecule has 0 saturated carbocycles. The monoisotopic (exact) mass is 213 g/mol. The normalized spacial score (nSPS) is 9.47. The summed E-state index contributed by atoms with van der Waals surface area (Å²) >= 11 is 0. The van der Waals surface area contributed by atoms with Crippen LogP contribution in [0.15, 0.2) is 18.2 Å². The molecule has 0 unspecified atom stereocenters. The van der Waals surface area contributed by atoms with E-state index >= 15 is 0 Å². The summed E-state index contributed by atoms with van der Waals surface area (Å²) in [7, 11) is 1.12. The molecule has 5 nitrogen and oxygen atoms in total. The Bertz CT molecular complexity index is 405. The third kappa shape index (κ3) is 2.43. The second-order valence-electron chi connectivity index (χ2n) is 2.58. The number of hydrogen-bond donors (Lipinski definition) is 2. The molecule has 0 aliphatic rings. The quantitative estimate of drug-likeness (QED) is 0.783. The van der Waals surface area contributed by atoms with Crippen molar-refractivity contribution in [3.05, 3.63) is 29.6 Å². The first-order valence-electron chi connectivity index (χ1n) is 3.93. The number of anilines is 1. The van der Waals surface area contributed by atoms with Gasteiger partial charge in [-0.3, -0.25) is 5.32 Å². The lowest BCUT2D eigenvalue weighted by Crippen LogP contribution is -2.15. The van der Waals surface area contributed by atoms with Gasteiger partial charge in [0.15, 0.2) is 0 Å². The third-order valence-electron chi connectivity index (χ3n) is 1.65. The van der Waals surface area contributed by atoms with Gasteiger partial charge < -0.3 is 9.84 Å². The van der Waals surface area contributed by atoms with Crippen LogP contribution in [0, 0.1) is 5.82 Å². The van der Waals surface area contributed by atoms with Crippen molar-refractivity contribution >= 4 is 17.7 Å². The number of amides is 1. The van der Waals surface area contributed by atoms with E-state index in [0.29, 0.717) is 0 Å². The lowest BCUT2D eigenvalue weighted by molar-refractivity contribution is 0.0693. The number of benzene rings is 1. The van der Waals surface area contributed by atoms with E-state index in [1.807, 2.05) is 0 Å². The Morgan fingerprint density at radius 1 is 1.47 bits per heavy atom. The zero-order valence-electron chi connectivity index (χ0n) is 7.78. The molecule has 0 spiro atoms. The lowest BCUT2D eigenvalue weighted by atomic mass is 10.1. The van der Waals surface area contributed by atoms with Crippen LogP contribution < -0.4 is 5.32 Å². The summed E-state index contributed by atoms with van der Waals surface area (Å²) in [5.41, 5.74) is -0.739. The number of carboxylic acids is 1. The highest BCUT2D eigenvalue weighted by Gasteiger charge is 2.17. The van der Waals surface area contributed by atoms with Crippen molar-refractivity contribution in [2.75, 3.05) is 12.4 Å². The number of ether oxygens (including phenoxy) is 1. The van der Waals surface area contributed by atoms with E-state index in [1.165, 1.54) is 12.1 Å². The van der Waals surface area contributed by atoms with Crippen molar-refractivity contribution in [1.29, 1.82) is 0 Å². The van der Waals surface area contributed by atoms with Gasteiger partial charge in [0.2, 0.25) is 0 Å². The number of aromatic carboxylic acids is 1. The molecule has 0 heterocycles. The maximum absolute atomic E-state index is 13.1. The van der Waals surface area contributed by atoms with E-state index in [2.05, 4.69) is 10.1 Å². The van der Waals surface area contributed by atoms with Crippen molar-refractivity contribution in [3.8, 4) is 0 Å². The average Bonchev–Trinajstić information content (AvgIpc) is 2.17. The molecule has 1 rings (SSSR count). The van der Waals surface area contributed by atoms with Crippen LogP contribution >= 0.6 is 0 Å². The van der Waals surface area contributed by atoms with Gasteiger partial charge in [0.25, 0.3) is 0 Å². The van der Waals surface area contributed by atoms with Crippen LogP contribution in [0.2, 0.25) is 0 Å². The standard InChI is InChI=1S/C9H8FNO4/c1-15-9(14)11-6-4-2-3-5(10)7(6)8(12)13/h2-4H,1H3,(H,11,14)(H,12,13). The summed E-state index contributed by atoms with van der Waals surface area (Å²) in [5, 5.41) is 10.8. The van der Waals surface area contributed by atoms with E-state index < -0.39 is 23.4 Å². The zero-order valence-corrected chi connectivity index (χ0v) is 7.78. The molecule has 1 amide bonds. The Balaban J connectivity index is 3.11. The van der Waals surface area contributed by atoms with Gasteiger partial charge in [0.1, 0.15) is 11.4 Å². The number of carbonyl (C=O) groups excluding carboxylic acids is 1. The Kier molecular flexibility index (Phi) is 3.22. The SMILES string of the molecule is COC(=O)Nc1cccc(F)c1C(=O)O. The van der Waals surface area contributed by atoms with Crippen molar-refractivity contribution in [2.45, 2.75) is 0 Å². The molecule has 0 aliphatic carbocycles. The predicted octanol–water partition coefficient (Wildman–Crippen LogP) is 1.70. The molecule has 0 fully saturated rings. The number of carboxylic acid groups (broad SMARTS) is 1. The number of hydrogen-bond acceptors (Lipinski definition) is 3. The summed E-state index contributed by atoms with van der Waals surface area (Å²) in [5.74, 6) is -2.38. The number of rotatable bonds is 2. The van der Waals surface area contributed by atoms with Crippen LogP contribution in [0.3, 0.4) is 0 Å². The van der Waals surface area contributed by atoms with Gasteiger partial charge in [-0.05, 0) is 12.1 Å². The highest BCUT2D eigenvalue weighted by atomic mass is 19.1. The predicted molar refractivity (Wildman–Crippen MR) is 49.4 cm³/mol. The Labute approximate surface area is 84.5 Å². The Hall–Kier alpha value is -2.11. The molecule has 0 aliphatic heterocycles. The van der Waals surface area contributed by atoms with E-state index in [1.54, 1.807) is 0 Å². The van der Waals surface area contributed by atoms with Gasteiger partial charge in [0, 0.05) is 0 Å². The fourth-order valence-electron chi connectivity index (χ4n) is 1.01. The van der Waals surface area contributed by atoms with E-state index in [4.69, 9.17) is 5.11 Å². The summed E-state index contributed by atoms with van der Waals surface area (Å²) in [6.45, 7) is 0. The van der Waals surface area contributed by atoms with Crippen LogP contribution in [0.1, 0.15) is 10.4 Å².